The van der Waals surface area contributed by atoms with Gasteiger partial charge in [-0.2, -0.15) is 12.6 Å². The summed E-state index contributed by atoms with van der Waals surface area (Å²) in [7, 11) is 3.24. The van der Waals surface area contributed by atoms with E-state index in [2.05, 4.69) is 49.3 Å². The van der Waals surface area contributed by atoms with Gasteiger partial charge in [0.25, 0.3) is 11.8 Å². The maximum absolute atomic E-state index is 14.3. The number of aryl methyl sites for hydroxylation is 2. The zero-order valence-corrected chi connectivity index (χ0v) is 30.6. The topological polar surface area (TPSA) is 40.6 Å². The Labute approximate surface area is 296 Å². The van der Waals surface area contributed by atoms with Crippen LogP contribution in [0.3, 0.4) is 0 Å². The number of nitrogens with zero attached hydrogens (tertiary/aromatic N) is 2. The average molecular weight is 760 g/mol. The summed E-state index contributed by atoms with van der Waals surface area (Å²) in [6.07, 6.45) is 0. The molecule has 0 fully saturated rings. The number of carbonyl (C=O) groups excluding carboxylic acids is 2. The van der Waals surface area contributed by atoms with Crippen LogP contribution in [0.1, 0.15) is 99.9 Å². The SMILES string of the molecule is C.C.C.CC(=O)N(C)c1ccc(C(F)(F)CBr)c(C)c1.CC(=O)N(C)c1ccc(C(F)(F)CSC(C)(C)C)c(C)c1.CC(C)(C)S. The van der Waals surface area contributed by atoms with Gasteiger partial charge in [0, 0.05) is 59.9 Å². The van der Waals surface area contributed by atoms with Gasteiger partial charge in [-0.05, 0) is 49.2 Å². The Balaban J connectivity index is -0.000000320. The maximum atomic E-state index is 14.3. The number of alkyl halides is 5. The molecule has 0 heterocycles. The Morgan fingerprint density at radius 2 is 1.04 bits per heavy atom. The molecule has 0 atom stereocenters. The van der Waals surface area contributed by atoms with E-state index in [-0.39, 0.29) is 60.5 Å². The van der Waals surface area contributed by atoms with Gasteiger partial charge in [0.2, 0.25) is 11.8 Å². The van der Waals surface area contributed by atoms with Crippen molar-refractivity contribution in [3.63, 3.8) is 0 Å². The van der Waals surface area contributed by atoms with Crippen molar-refractivity contribution in [3.05, 3.63) is 58.7 Å². The van der Waals surface area contributed by atoms with Crippen molar-refractivity contribution in [2.24, 2.45) is 0 Å². The number of carbonyl (C=O) groups is 2. The Hall–Kier alpha value is -1.72. The second kappa shape index (κ2) is 20.6. The normalized spacial score (nSPS) is 11.2. The molecule has 46 heavy (non-hydrogen) atoms. The molecule has 0 aliphatic carbocycles. The van der Waals surface area contributed by atoms with Crippen molar-refractivity contribution in [2.75, 3.05) is 35.0 Å². The molecule has 0 aromatic heterocycles. The molecule has 268 valence electrons. The van der Waals surface area contributed by atoms with Gasteiger partial charge < -0.3 is 9.80 Å². The van der Waals surface area contributed by atoms with Crippen molar-refractivity contribution in [2.45, 2.75) is 113 Å². The molecule has 2 aromatic rings. The van der Waals surface area contributed by atoms with Crippen LogP contribution in [0.25, 0.3) is 0 Å². The molecule has 0 aliphatic rings. The molecule has 11 heteroatoms. The highest BCUT2D eigenvalue weighted by molar-refractivity contribution is 9.09. The molecule has 0 radical (unpaired) electrons. The molecule has 4 nitrogen and oxygen atoms in total. The Morgan fingerprint density at radius 1 is 0.739 bits per heavy atom. The quantitative estimate of drug-likeness (QED) is 0.174. The Kier molecular flexibility index (Phi) is 22.9. The van der Waals surface area contributed by atoms with Crippen LogP contribution < -0.4 is 9.80 Å². The van der Waals surface area contributed by atoms with E-state index < -0.39 is 17.2 Å². The first-order valence-corrected chi connectivity index (χ1v) is 16.2. The molecule has 2 rings (SSSR count). The van der Waals surface area contributed by atoms with Crippen LogP contribution in [0.4, 0.5) is 28.9 Å². The number of thiol groups is 1. The first-order valence-electron chi connectivity index (χ1n) is 13.6. The van der Waals surface area contributed by atoms with Gasteiger partial charge in [-0.25, -0.2) is 17.6 Å². The Morgan fingerprint density at radius 3 is 1.28 bits per heavy atom. The summed E-state index contributed by atoms with van der Waals surface area (Å²) in [5, 5.41) is -0.414. The summed E-state index contributed by atoms with van der Waals surface area (Å²) in [5.41, 5.74) is 2.22. The number of rotatable bonds is 7. The smallest absolute Gasteiger partial charge is 0.283 e. The minimum absolute atomic E-state index is 0. The predicted molar refractivity (Wildman–Crippen MR) is 203 cm³/mol. The van der Waals surface area contributed by atoms with Crippen molar-refractivity contribution in [1.82, 2.24) is 0 Å². The van der Waals surface area contributed by atoms with E-state index in [9.17, 15) is 27.2 Å². The zero-order valence-electron chi connectivity index (χ0n) is 27.3. The fourth-order valence-electron chi connectivity index (χ4n) is 3.35. The monoisotopic (exact) mass is 758 g/mol. The number of anilines is 2. The molecule has 0 unspecified atom stereocenters. The standard InChI is InChI=1S/C16H23F2NOS.C12H14BrF2NO.C4H10S.3CH4/c1-11-9-13(19(6)12(2)20)7-8-14(11)16(17,18)10-21-15(3,4)5;1-8-6-10(16(3)9(2)17)4-5-11(8)12(14,15)7-13;1-4(2,3)5;;;/h7-9H,10H2,1-6H3;4-6H,7H2,1-3H3;5H,1-3H3;3*1H4. The minimum atomic E-state index is -2.89. The Bertz CT molecular complexity index is 1220. The molecule has 2 aromatic carbocycles. The molecular formula is C35H59BrF4N2O2S2. The van der Waals surface area contributed by atoms with Crippen molar-refractivity contribution in [3.8, 4) is 0 Å². The zero-order chi connectivity index (χ0) is 34.1. The van der Waals surface area contributed by atoms with Gasteiger partial charge in [-0.15, -0.1) is 11.8 Å². The molecule has 0 spiro atoms. The number of hydrogen-bond donors (Lipinski definition) is 1. The van der Waals surface area contributed by atoms with E-state index >= 15 is 0 Å². The van der Waals surface area contributed by atoms with Crippen molar-refractivity contribution < 1.29 is 27.2 Å². The first-order chi connectivity index (χ1) is 19.2. The lowest BCUT2D eigenvalue weighted by atomic mass is 10.0. The van der Waals surface area contributed by atoms with Gasteiger partial charge in [0.1, 0.15) is 0 Å². The summed E-state index contributed by atoms with van der Waals surface area (Å²) in [5.74, 6) is -6.28. The van der Waals surface area contributed by atoms with Crippen LogP contribution in [0.15, 0.2) is 36.4 Å². The van der Waals surface area contributed by atoms with E-state index in [0.29, 0.717) is 22.5 Å². The van der Waals surface area contributed by atoms with Crippen LogP contribution in [0.5, 0.6) is 0 Å². The summed E-state index contributed by atoms with van der Waals surface area (Å²) < 4.78 is 55.7. The summed E-state index contributed by atoms with van der Waals surface area (Å²) in [6.45, 7) is 18.1. The van der Waals surface area contributed by atoms with Crippen LogP contribution in [-0.4, -0.2) is 46.5 Å². The molecule has 2 amide bonds. The summed E-state index contributed by atoms with van der Waals surface area (Å²) >= 11 is 8.17. The molecule has 0 N–H and O–H groups in total. The number of halogens is 5. The molecular weight excluding hydrogens is 700 g/mol. The second-order valence-corrected chi connectivity index (χ2v) is 16.0. The largest absolute Gasteiger partial charge is 0.316 e. The lowest BCUT2D eigenvalue weighted by Crippen LogP contribution is -2.24. The number of thioether (sulfide) groups is 1. The van der Waals surface area contributed by atoms with Crippen LogP contribution >= 0.6 is 40.3 Å². The highest BCUT2D eigenvalue weighted by Crippen LogP contribution is 2.39. The van der Waals surface area contributed by atoms with E-state index in [4.69, 9.17) is 0 Å². The number of amides is 2. The van der Waals surface area contributed by atoms with E-state index in [1.807, 2.05) is 20.8 Å². The fraction of sp³-hybridized carbons (Fsp3) is 0.600. The molecule has 0 saturated heterocycles. The molecule has 0 aliphatic heterocycles. The second-order valence-electron chi connectivity index (χ2n) is 12.3. The van der Waals surface area contributed by atoms with Crippen molar-refractivity contribution in [1.29, 1.82) is 0 Å². The summed E-state index contributed by atoms with van der Waals surface area (Å²) in [4.78, 5) is 25.4. The third kappa shape index (κ3) is 18.6. The highest BCUT2D eigenvalue weighted by atomic mass is 79.9. The third-order valence-corrected chi connectivity index (χ3v) is 7.86. The van der Waals surface area contributed by atoms with Crippen LogP contribution in [0.2, 0.25) is 0 Å². The van der Waals surface area contributed by atoms with Gasteiger partial charge in [0.15, 0.2) is 0 Å². The van der Waals surface area contributed by atoms with Crippen LogP contribution in [0, 0.1) is 13.8 Å². The maximum Gasteiger partial charge on any atom is 0.283 e. The molecule has 0 saturated carbocycles. The van der Waals surface area contributed by atoms with Gasteiger partial charge in [-0.1, -0.05) is 91.9 Å². The lowest BCUT2D eigenvalue weighted by molar-refractivity contribution is -0.117. The van der Waals surface area contributed by atoms with Gasteiger partial charge in [-0.3, -0.25) is 9.59 Å². The average Bonchev–Trinajstić information content (AvgIpc) is 2.85. The van der Waals surface area contributed by atoms with E-state index in [1.165, 1.54) is 53.6 Å². The number of hydrogen-bond acceptors (Lipinski definition) is 4. The van der Waals surface area contributed by atoms with Crippen molar-refractivity contribution >= 4 is 63.5 Å². The van der Waals surface area contributed by atoms with Gasteiger partial charge >= 0.3 is 0 Å². The molecule has 0 bridgehead atoms. The highest BCUT2D eigenvalue weighted by Gasteiger charge is 2.35. The summed E-state index contributed by atoms with van der Waals surface area (Å²) in [6, 6.07) is 9.11. The van der Waals surface area contributed by atoms with Crippen LogP contribution in [-0.2, 0) is 21.4 Å². The first kappa shape index (κ1) is 51.1. The predicted octanol–water partition coefficient (Wildman–Crippen LogP) is 11.7. The number of benzene rings is 2. The lowest BCUT2D eigenvalue weighted by Gasteiger charge is -2.25. The van der Waals surface area contributed by atoms with Gasteiger partial charge in [0.05, 0.1) is 11.1 Å². The fourth-order valence-corrected chi connectivity index (χ4v) is 4.43. The van der Waals surface area contributed by atoms with E-state index in [0.717, 1.165) is 0 Å². The third-order valence-electron chi connectivity index (χ3n) is 5.78. The minimum Gasteiger partial charge on any atom is -0.316 e. The van der Waals surface area contributed by atoms with E-state index in [1.54, 1.807) is 46.1 Å².